The summed E-state index contributed by atoms with van der Waals surface area (Å²) in [6, 6.07) is 2.93. The van der Waals surface area contributed by atoms with Gasteiger partial charge in [-0.3, -0.25) is 9.79 Å². The summed E-state index contributed by atoms with van der Waals surface area (Å²) < 4.78 is 40.2. The van der Waals surface area contributed by atoms with Crippen molar-refractivity contribution in [2.24, 2.45) is 12.0 Å². The molecule has 0 aliphatic carbocycles. The molecule has 2 aliphatic heterocycles. The van der Waals surface area contributed by atoms with E-state index in [4.69, 9.17) is 0 Å². The molecule has 1 aromatic heterocycles. The van der Waals surface area contributed by atoms with Crippen LogP contribution in [0.25, 0.3) is 0 Å². The maximum absolute atomic E-state index is 12.9. The minimum absolute atomic E-state index is 0.0858. The molecule has 0 spiro atoms. The van der Waals surface area contributed by atoms with Gasteiger partial charge in [0, 0.05) is 31.0 Å². The fraction of sp³-hybridized carbons (Fsp3) is 0.294. The van der Waals surface area contributed by atoms with Gasteiger partial charge in [-0.25, -0.2) is 0 Å². The number of aliphatic imine (C=N–C) groups is 1. The van der Waals surface area contributed by atoms with Gasteiger partial charge in [0.1, 0.15) is 11.9 Å². The van der Waals surface area contributed by atoms with Gasteiger partial charge >= 0.3 is 6.18 Å². The van der Waals surface area contributed by atoms with E-state index in [1.54, 1.807) is 43.3 Å². The van der Waals surface area contributed by atoms with Crippen molar-refractivity contribution >= 4 is 5.84 Å². The zero-order valence-electron chi connectivity index (χ0n) is 13.2. The molecule has 24 heavy (non-hydrogen) atoms. The number of hydrogen-bond donors (Lipinski definition) is 0. The van der Waals surface area contributed by atoms with E-state index < -0.39 is 17.8 Å². The topological polar surface area (TPSA) is 37.6 Å². The van der Waals surface area contributed by atoms with Gasteiger partial charge in [-0.15, -0.1) is 0 Å². The Morgan fingerprint density at radius 2 is 2.04 bits per heavy atom. The maximum atomic E-state index is 12.9. The Hall–Kier alpha value is -2.57. The number of amidine groups is 1. The van der Waals surface area contributed by atoms with Gasteiger partial charge in [0.05, 0.1) is 5.57 Å². The van der Waals surface area contributed by atoms with E-state index in [1.807, 2.05) is 0 Å². The summed E-state index contributed by atoms with van der Waals surface area (Å²) in [6.07, 6.45) is 2.56. The molecule has 1 unspecified atom stereocenters. The molecule has 7 heteroatoms. The van der Waals surface area contributed by atoms with Gasteiger partial charge in [0.15, 0.2) is 0 Å². The molecule has 1 aromatic rings. The number of rotatable bonds is 1. The van der Waals surface area contributed by atoms with Crippen molar-refractivity contribution in [3.05, 3.63) is 69.8 Å². The Labute approximate surface area is 136 Å². The minimum Gasteiger partial charge on any atom is -0.327 e. The van der Waals surface area contributed by atoms with E-state index in [1.165, 1.54) is 10.6 Å². The first kappa shape index (κ1) is 16.3. The van der Waals surface area contributed by atoms with Crippen LogP contribution < -0.4 is 5.56 Å². The number of alkyl halides is 3. The van der Waals surface area contributed by atoms with Crippen LogP contribution in [0.4, 0.5) is 13.2 Å². The van der Waals surface area contributed by atoms with Gasteiger partial charge in [-0.2, -0.15) is 13.2 Å². The van der Waals surface area contributed by atoms with Gasteiger partial charge < -0.3 is 9.47 Å². The molecule has 0 aromatic carbocycles. The lowest BCUT2D eigenvalue weighted by atomic mass is 10.1. The molecular formula is C17H16F3N3O. The zero-order chi connectivity index (χ0) is 17.5. The van der Waals surface area contributed by atoms with Crippen LogP contribution in [0.1, 0.15) is 18.5 Å². The van der Waals surface area contributed by atoms with Gasteiger partial charge in [0.25, 0.3) is 5.56 Å². The highest BCUT2D eigenvalue weighted by Crippen LogP contribution is 2.31. The first-order valence-electron chi connectivity index (χ1n) is 7.42. The molecule has 0 radical (unpaired) electrons. The summed E-state index contributed by atoms with van der Waals surface area (Å²) >= 11 is 0. The van der Waals surface area contributed by atoms with Gasteiger partial charge in [0.2, 0.25) is 0 Å². The standard InChI is InChI=1S/C17H16F3N3O/c1-11-10-14(13-4-3-8-22(2)16(13)24)21-15-6-5-12(17(18,19)20)7-9-23(11)15/h3-8,10,14H,9H2,1-2H3. The van der Waals surface area contributed by atoms with Crippen LogP contribution >= 0.6 is 0 Å². The van der Waals surface area contributed by atoms with E-state index in [-0.39, 0.29) is 12.1 Å². The molecule has 0 fully saturated rings. The Bertz CT molecular complexity index is 843. The van der Waals surface area contributed by atoms with Crippen molar-refractivity contribution in [2.75, 3.05) is 6.54 Å². The van der Waals surface area contributed by atoms with Crippen LogP contribution in [-0.2, 0) is 7.05 Å². The van der Waals surface area contributed by atoms with Crippen molar-refractivity contribution in [3.8, 4) is 0 Å². The van der Waals surface area contributed by atoms with E-state index >= 15 is 0 Å². The first-order chi connectivity index (χ1) is 11.3. The Morgan fingerprint density at radius 1 is 1.29 bits per heavy atom. The summed E-state index contributed by atoms with van der Waals surface area (Å²) in [7, 11) is 1.65. The van der Waals surface area contributed by atoms with Crippen molar-refractivity contribution < 1.29 is 13.2 Å². The molecule has 3 rings (SSSR count). The molecular weight excluding hydrogens is 319 g/mol. The molecule has 126 valence electrons. The zero-order valence-corrected chi connectivity index (χ0v) is 13.2. The Morgan fingerprint density at radius 3 is 2.75 bits per heavy atom. The molecule has 4 nitrogen and oxygen atoms in total. The predicted octanol–water partition coefficient (Wildman–Crippen LogP) is 3.10. The summed E-state index contributed by atoms with van der Waals surface area (Å²) in [6.45, 7) is 1.89. The molecule has 2 aliphatic rings. The van der Waals surface area contributed by atoms with Crippen LogP contribution in [0.2, 0.25) is 0 Å². The third kappa shape index (κ3) is 2.93. The highest BCUT2D eigenvalue weighted by atomic mass is 19.4. The predicted molar refractivity (Wildman–Crippen MR) is 85.6 cm³/mol. The maximum Gasteiger partial charge on any atom is 0.416 e. The minimum atomic E-state index is -4.39. The number of aromatic nitrogens is 1. The summed E-state index contributed by atoms with van der Waals surface area (Å²) in [5, 5.41) is 0. The lowest BCUT2D eigenvalue weighted by Crippen LogP contribution is -2.32. The summed E-state index contributed by atoms with van der Waals surface area (Å²) in [5.74, 6) is 0.418. The monoisotopic (exact) mass is 335 g/mol. The molecule has 0 N–H and O–H groups in total. The average Bonchev–Trinajstić information content (AvgIpc) is 2.72. The Kier molecular flexibility index (Phi) is 3.95. The third-order valence-electron chi connectivity index (χ3n) is 4.08. The van der Waals surface area contributed by atoms with Crippen LogP contribution in [0, 0.1) is 0 Å². The van der Waals surface area contributed by atoms with Crippen LogP contribution in [0.3, 0.4) is 0 Å². The van der Waals surface area contributed by atoms with Gasteiger partial charge in [-0.05, 0) is 37.3 Å². The normalized spacial score (nSPS) is 20.8. The molecule has 0 amide bonds. The lowest BCUT2D eigenvalue weighted by molar-refractivity contribution is -0.0883. The number of aryl methyl sites for hydroxylation is 1. The van der Waals surface area contributed by atoms with E-state index in [0.29, 0.717) is 11.4 Å². The Balaban J connectivity index is 2.01. The number of allylic oxidation sites excluding steroid dienone is 3. The van der Waals surface area contributed by atoms with E-state index in [9.17, 15) is 18.0 Å². The summed E-state index contributed by atoms with van der Waals surface area (Å²) in [4.78, 5) is 18.4. The van der Waals surface area contributed by atoms with Gasteiger partial charge in [-0.1, -0.05) is 6.08 Å². The number of hydrogen-bond acceptors (Lipinski definition) is 3. The second kappa shape index (κ2) is 5.81. The molecule has 3 heterocycles. The summed E-state index contributed by atoms with van der Waals surface area (Å²) in [5.41, 5.74) is 0.393. The van der Waals surface area contributed by atoms with E-state index in [2.05, 4.69) is 4.99 Å². The largest absolute Gasteiger partial charge is 0.416 e. The molecule has 0 bridgehead atoms. The van der Waals surface area contributed by atoms with Crippen molar-refractivity contribution in [2.45, 2.75) is 19.1 Å². The number of pyridine rings is 1. The number of nitrogens with zero attached hydrogens (tertiary/aromatic N) is 3. The third-order valence-corrected chi connectivity index (χ3v) is 4.08. The number of fused-ring (bicyclic) bond motifs is 1. The van der Waals surface area contributed by atoms with Crippen LogP contribution in [-0.4, -0.2) is 28.0 Å². The van der Waals surface area contributed by atoms with Crippen LogP contribution in [0.5, 0.6) is 0 Å². The highest BCUT2D eigenvalue weighted by Gasteiger charge is 2.33. The second-order valence-corrected chi connectivity index (χ2v) is 5.72. The van der Waals surface area contributed by atoms with Crippen LogP contribution in [0.15, 0.2) is 63.7 Å². The average molecular weight is 335 g/mol. The van der Waals surface area contributed by atoms with E-state index in [0.717, 1.165) is 17.8 Å². The second-order valence-electron chi connectivity index (χ2n) is 5.72. The molecule has 1 atom stereocenters. The van der Waals surface area contributed by atoms with Crippen molar-refractivity contribution in [3.63, 3.8) is 0 Å². The molecule has 0 saturated heterocycles. The van der Waals surface area contributed by atoms with Crippen molar-refractivity contribution in [1.82, 2.24) is 9.47 Å². The number of halogens is 3. The smallest absolute Gasteiger partial charge is 0.327 e. The first-order valence-corrected chi connectivity index (χ1v) is 7.42. The quantitative estimate of drug-likeness (QED) is 0.791. The molecule has 0 saturated carbocycles. The highest BCUT2D eigenvalue weighted by molar-refractivity contribution is 5.96. The fourth-order valence-electron chi connectivity index (χ4n) is 2.75. The van der Waals surface area contributed by atoms with Crippen molar-refractivity contribution in [1.29, 1.82) is 0 Å². The SMILES string of the molecule is CC1=CC(c2cccn(C)c2=O)N=C2C=CC(C(F)(F)F)=CCN12. The lowest BCUT2D eigenvalue weighted by Gasteiger charge is -2.29. The fourth-order valence-corrected chi connectivity index (χ4v) is 2.75.